The molecule has 3 N–H and O–H groups in total. The molecule has 0 aliphatic heterocycles. The van der Waals surface area contributed by atoms with Gasteiger partial charge >= 0.3 is 0 Å². The van der Waals surface area contributed by atoms with Gasteiger partial charge in [-0.25, -0.2) is 4.98 Å². The van der Waals surface area contributed by atoms with Gasteiger partial charge in [0.25, 0.3) is 0 Å². The molecule has 0 bridgehead atoms. The third kappa shape index (κ3) is 2.73. The average Bonchev–Trinajstić information content (AvgIpc) is 2.38. The Labute approximate surface area is 99.7 Å². The molecule has 0 atom stereocenters. The maximum absolute atomic E-state index is 8.95. The molecular weight excluding hydrogens is 212 g/mol. The van der Waals surface area contributed by atoms with Crippen LogP contribution >= 0.6 is 0 Å². The molecule has 2 aromatic rings. The van der Waals surface area contributed by atoms with Crippen molar-refractivity contribution in [2.45, 2.75) is 6.54 Å². The van der Waals surface area contributed by atoms with Crippen molar-refractivity contribution in [1.29, 1.82) is 5.26 Å². The fourth-order valence-electron chi connectivity index (χ4n) is 1.49. The fourth-order valence-corrected chi connectivity index (χ4v) is 1.49. The van der Waals surface area contributed by atoms with E-state index >= 15 is 0 Å². The molecule has 0 fully saturated rings. The summed E-state index contributed by atoms with van der Waals surface area (Å²) < 4.78 is 0. The zero-order valence-corrected chi connectivity index (χ0v) is 9.22. The topological polar surface area (TPSA) is 74.7 Å². The number of nitrogens with zero attached hydrogens (tertiary/aromatic N) is 2. The Kier molecular flexibility index (Phi) is 3.22. The predicted octanol–water partition coefficient (Wildman–Crippen LogP) is 2.15. The minimum atomic E-state index is 0.459. The van der Waals surface area contributed by atoms with Crippen LogP contribution in [0.1, 0.15) is 11.1 Å². The highest BCUT2D eigenvalue weighted by molar-refractivity contribution is 5.57. The molecule has 2 rings (SSSR count). The third-order valence-electron chi connectivity index (χ3n) is 2.33. The molecule has 0 spiro atoms. The number of nitrogen functional groups attached to an aromatic ring is 1. The van der Waals surface area contributed by atoms with Gasteiger partial charge in [0.05, 0.1) is 17.4 Å². The Morgan fingerprint density at radius 3 is 2.76 bits per heavy atom. The van der Waals surface area contributed by atoms with Crippen LogP contribution in [0.15, 0.2) is 42.6 Å². The van der Waals surface area contributed by atoms with Crippen LogP contribution in [-0.2, 0) is 6.54 Å². The van der Waals surface area contributed by atoms with E-state index in [2.05, 4.69) is 16.4 Å². The number of rotatable bonds is 3. The first-order chi connectivity index (χ1) is 8.29. The fraction of sp³-hybridized carbons (Fsp3) is 0.0769. The van der Waals surface area contributed by atoms with Gasteiger partial charge in [-0.3, -0.25) is 0 Å². The summed E-state index contributed by atoms with van der Waals surface area (Å²) in [4.78, 5) is 4.11. The SMILES string of the molecule is N#Cc1cc(N)cnc1NCc1ccccc1. The Morgan fingerprint density at radius 1 is 1.29 bits per heavy atom. The number of nitriles is 1. The molecule has 4 nitrogen and oxygen atoms in total. The Bertz CT molecular complexity index is 543. The van der Waals surface area contributed by atoms with Crippen LogP contribution in [0.5, 0.6) is 0 Å². The van der Waals surface area contributed by atoms with Crippen LogP contribution in [0.3, 0.4) is 0 Å². The first-order valence-corrected chi connectivity index (χ1v) is 5.23. The van der Waals surface area contributed by atoms with E-state index in [0.29, 0.717) is 23.6 Å². The number of nitrogens with one attached hydrogen (secondary N) is 1. The van der Waals surface area contributed by atoms with Crippen molar-refractivity contribution in [3.63, 3.8) is 0 Å². The molecular formula is C13H12N4. The summed E-state index contributed by atoms with van der Waals surface area (Å²) in [5.74, 6) is 0.561. The molecule has 84 valence electrons. The van der Waals surface area contributed by atoms with Gasteiger partial charge in [-0.05, 0) is 11.6 Å². The lowest BCUT2D eigenvalue weighted by molar-refractivity contribution is 1.11. The van der Waals surface area contributed by atoms with Gasteiger partial charge < -0.3 is 11.1 Å². The van der Waals surface area contributed by atoms with E-state index in [4.69, 9.17) is 11.0 Å². The molecule has 17 heavy (non-hydrogen) atoms. The van der Waals surface area contributed by atoms with Crippen molar-refractivity contribution in [3.8, 4) is 6.07 Å². The van der Waals surface area contributed by atoms with Crippen LogP contribution in [0.2, 0.25) is 0 Å². The zero-order valence-electron chi connectivity index (χ0n) is 9.22. The second-order valence-electron chi connectivity index (χ2n) is 3.62. The zero-order chi connectivity index (χ0) is 12.1. The molecule has 1 aromatic heterocycles. The van der Waals surface area contributed by atoms with Crippen molar-refractivity contribution >= 4 is 11.5 Å². The molecule has 0 unspecified atom stereocenters. The first kappa shape index (κ1) is 11.0. The van der Waals surface area contributed by atoms with Crippen LogP contribution in [-0.4, -0.2) is 4.98 Å². The van der Waals surface area contributed by atoms with Gasteiger partial charge in [0.2, 0.25) is 0 Å². The molecule has 1 aromatic carbocycles. The molecule has 0 aliphatic rings. The summed E-state index contributed by atoms with van der Waals surface area (Å²) >= 11 is 0. The maximum Gasteiger partial charge on any atom is 0.144 e. The number of anilines is 2. The number of nitrogens with two attached hydrogens (primary N) is 1. The van der Waals surface area contributed by atoms with Gasteiger partial charge in [-0.15, -0.1) is 0 Å². The molecule has 0 radical (unpaired) electrons. The highest BCUT2D eigenvalue weighted by Gasteiger charge is 2.03. The van der Waals surface area contributed by atoms with Crippen LogP contribution in [0.25, 0.3) is 0 Å². The first-order valence-electron chi connectivity index (χ1n) is 5.23. The van der Waals surface area contributed by atoms with Gasteiger partial charge in [0, 0.05) is 6.54 Å². The predicted molar refractivity (Wildman–Crippen MR) is 67.1 cm³/mol. The molecule has 4 heteroatoms. The van der Waals surface area contributed by atoms with E-state index in [1.807, 2.05) is 30.3 Å². The van der Waals surface area contributed by atoms with E-state index in [9.17, 15) is 0 Å². The van der Waals surface area contributed by atoms with E-state index in [1.54, 1.807) is 6.07 Å². The van der Waals surface area contributed by atoms with Crippen molar-refractivity contribution < 1.29 is 0 Å². The van der Waals surface area contributed by atoms with E-state index in [1.165, 1.54) is 6.20 Å². The molecule has 0 amide bonds. The molecule has 0 aliphatic carbocycles. The maximum atomic E-state index is 8.95. The number of hydrogen-bond acceptors (Lipinski definition) is 4. The summed E-state index contributed by atoms with van der Waals surface area (Å²) in [5, 5.41) is 12.1. The quantitative estimate of drug-likeness (QED) is 0.837. The van der Waals surface area contributed by atoms with Crippen molar-refractivity contribution in [3.05, 3.63) is 53.7 Å². The summed E-state index contributed by atoms with van der Waals surface area (Å²) in [6, 6.07) is 13.6. The molecule has 0 saturated carbocycles. The van der Waals surface area contributed by atoms with E-state index in [0.717, 1.165) is 5.56 Å². The normalized spacial score (nSPS) is 9.59. The minimum Gasteiger partial charge on any atom is -0.397 e. The Balaban J connectivity index is 2.12. The monoisotopic (exact) mass is 224 g/mol. The van der Waals surface area contributed by atoms with E-state index < -0.39 is 0 Å². The van der Waals surface area contributed by atoms with Crippen LogP contribution in [0.4, 0.5) is 11.5 Å². The highest BCUT2D eigenvalue weighted by Crippen LogP contribution is 2.15. The average molecular weight is 224 g/mol. The second kappa shape index (κ2) is 4.99. The minimum absolute atomic E-state index is 0.459. The van der Waals surface area contributed by atoms with E-state index in [-0.39, 0.29) is 0 Å². The van der Waals surface area contributed by atoms with Gasteiger partial charge in [0.15, 0.2) is 0 Å². The Morgan fingerprint density at radius 2 is 2.06 bits per heavy atom. The van der Waals surface area contributed by atoms with Crippen molar-refractivity contribution in [1.82, 2.24) is 4.98 Å². The lowest BCUT2D eigenvalue weighted by Gasteiger charge is -2.07. The highest BCUT2D eigenvalue weighted by atomic mass is 15.0. The van der Waals surface area contributed by atoms with Crippen LogP contribution < -0.4 is 11.1 Å². The lowest BCUT2D eigenvalue weighted by atomic mass is 10.2. The Hall–Kier alpha value is -2.54. The largest absolute Gasteiger partial charge is 0.397 e. The second-order valence-corrected chi connectivity index (χ2v) is 3.62. The smallest absolute Gasteiger partial charge is 0.144 e. The third-order valence-corrected chi connectivity index (χ3v) is 2.33. The number of hydrogen-bond donors (Lipinski definition) is 2. The number of aromatic nitrogens is 1. The summed E-state index contributed by atoms with van der Waals surface area (Å²) in [5.41, 5.74) is 7.65. The number of pyridine rings is 1. The summed E-state index contributed by atoms with van der Waals surface area (Å²) in [7, 11) is 0. The number of benzene rings is 1. The molecule has 0 saturated heterocycles. The van der Waals surface area contributed by atoms with Crippen molar-refractivity contribution in [2.75, 3.05) is 11.1 Å². The van der Waals surface area contributed by atoms with Gasteiger partial charge in [0.1, 0.15) is 11.9 Å². The standard InChI is InChI=1S/C13H12N4/c14-7-11-6-12(15)9-17-13(11)16-8-10-4-2-1-3-5-10/h1-6,9H,8,15H2,(H,16,17). The summed E-state index contributed by atoms with van der Waals surface area (Å²) in [6.07, 6.45) is 1.54. The van der Waals surface area contributed by atoms with Gasteiger partial charge in [-0.2, -0.15) is 5.26 Å². The van der Waals surface area contributed by atoms with Crippen molar-refractivity contribution in [2.24, 2.45) is 0 Å². The van der Waals surface area contributed by atoms with Gasteiger partial charge in [-0.1, -0.05) is 30.3 Å². The van der Waals surface area contributed by atoms with Crippen LogP contribution in [0, 0.1) is 11.3 Å². The lowest BCUT2D eigenvalue weighted by Crippen LogP contribution is -2.04. The molecule has 1 heterocycles. The summed E-state index contributed by atoms with van der Waals surface area (Å²) in [6.45, 7) is 0.631.